The van der Waals surface area contributed by atoms with Gasteiger partial charge in [-0.1, -0.05) is 18.2 Å². The molecule has 2 aromatic heterocycles. The zero-order valence-electron chi connectivity index (χ0n) is 14.6. The minimum atomic E-state index is 0.400. The maximum absolute atomic E-state index is 5.72. The van der Waals surface area contributed by atoms with E-state index in [-0.39, 0.29) is 0 Å². The molecule has 1 aliphatic heterocycles. The van der Waals surface area contributed by atoms with Crippen molar-refractivity contribution in [1.82, 2.24) is 24.6 Å². The number of nitrogens with zero attached hydrogens (tertiary/aromatic N) is 6. The summed E-state index contributed by atoms with van der Waals surface area (Å²) in [5, 5.41) is 4.58. The predicted molar refractivity (Wildman–Crippen MR) is 101 cm³/mol. The van der Waals surface area contributed by atoms with Gasteiger partial charge in [0.2, 0.25) is 11.8 Å². The van der Waals surface area contributed by atoms with Crippen molar-refractivity contribution in [1.29, 1.82) is 0 Å². The minimum absolute atomic E-state index is 0.400. The molecule has 26 heavy (non-hydrogen) atoms. The van der Waals surface area contributed by atoms with Crippen LogP contribution in [0.4, 0.5) is 5.95 Å². The lowest BCUT2D eigenvalue weighted by molar-refractivity contribution is 0.191. The third-order valence-electron chi connectivity index (χ3n) is 4.52. The van der Waals surface area contributed by atoms with Crippen LogP contribution in [0, 0.1) is 11.8 Å². The Bertz CT molecular complexity index is 930. The van der Waals surface area contributed by atoms with Crippen LogP contribution >= 0.6 is 12.2 Å². The van der Waals surface area contributed by atoms with Gasteiger partial charge in [-0.05, 0) is 36.8 Å². The first-order valence-corrected chi connectivity index (χ1v) is 9.00. The van der Waals surface area contributed by atoms with E-state index in [0.717, 1.165) is 43.3 Å². The first kappa shape index (κ1) is 16.9. The van der Waals surface area contributed by atoms with E-state index in [0.29, 0.717) is 17.4 Å². The van der Waals surface area contributed by atoms with E-state index < -0.39 is 0 Å². The van der Waals surface area contributed by atoms with Crippen molar-refractivity contribution in [2.24, 2.45) is 0 Å². The first-order chi connectivity index (χ1) is 12.7. The van der Waals surface area contributed by atoms with Crippen molar-refractivity contribution in [3.05, 3.63) is 53.1 Å². The highest BCUT2D eigenvalue weighted by atomic mass is 32.1. The van der Waals surface area contributed by atoms with Gasteiger partial charge < -0.3 is 9.32 Å². The monoisotopic (exact) mass is 368 g/mol. The van der Waals surface area contributed by atoms with Gasteiger partial charge in [-0.25, -0.2) is 14.6 Å². The number of aryl methyl sites for hydroxylation is 1. The van der Waals surface area contributed by atoms with E-state index in [1.807, 2.05) is 37.3 Å². The molecule has 0 unspecified atom stereocenters. The van der Waals surface area contributed by atoms with Crippen LogP contribution in [0.2, 0.25) is 0 Å². The molecule has 1 saturated heterocycles. The third kappa shape index (κ3) is 3.51. The smallest absolute Gasteiger partial charge is 0.288 e. The zero-order valence-corrected chi connectivity index (χ0v) is 15.4. The van der Waals surface area contributed by atoms with Crippen molar-refractivity contribution >= 4 is 18.2 Å². The normalized spacial score (nSPS) is 15.3. The summed E-state index contributed by atoms with van der Waals surface area (Å²) in [6.07, 6.45) is 3.55. The van der Waals surface area contributed by atoms with Crippen molar-refractivity contribution in [2.75, 3.05) is 31.1 Å². The van der Waals surface area contributed by atoms with Crippen molar-refractivity contribution < 1.29 is 4.42 Å². The summed E-state index contributed by atoms with van der Waals surface area (Å²) in [4.78, 5) is 13.5. The largest absolute Gasteiger partial charge is 0.409 e. The molecule has 4 rings (SSSR count). The van der Waals surface area contributed by atoms with Gasteiger partial charge in [-0.15, -0.1) is 5.10 Å². The number of piperazine rings is 1. The molecular formula is C18H20N6OS. The van der Waals surface area contributed by atoms with Gasteiger partial charge in [0, 0.05) is 44.1 Å². The number of benzene rings is 1. The molecule has 1 aliphatic rings. The van der Waals surface area contributed by atoms with E-state index in [4.69, 9.17) is 16.6 Å². The summed E-state index contributed by atoms with van der Waals surface area (Å²) in [5.41, 5.74) is 2.09. The van der Waals surface area contributed by atoms with Crippen molar-refractivity contribution in [3.63, 3.8) is 0 Å². The summed E-state index contributed by atoms with van der Waals surface area (Å²) in [6, 6.07) is 9.85. The van der Waals surface area contributed by atoms with Crippen LogP contribution in [0.1, 0.15) is 5.56 Å². The highest BCUT2D eigenvalue weighted by molar-refractivity contribution is 7.71. The number of anilines is 1. The lowest BCUT2D eigenvalue weighted by atomic mass is 10.1. The van der Waals surface area contributed by atoms with Gasteiger partial charge in [0.15, 0.2) is 0 Å². The molecule has 0 aliphatic carbocycles. The Morgan fingerprint density at radius 2 is 1.77 bits per heavy atom. The molecule has 1 fully saturated rings. The Labute approximate surface area is 156 Å². The summed E-state index contributed by atoms with van der Waals surface area (Å²) in [7, 11) is 0. The van der Waals surface area contributed by atoms with Gasteiger partial charge in [-0.2, -0.15) is 0 Å². The van der Waals surface area contributed by atoms with E-state index in [2.05, 4.69) is 24.9 Å². The number of hydrogen-bond donors (Lipinski definition) is 0. The molecular weight excluding hydrogens is 348 g/mol. The lowest BCUT2D eigenvalue weighted by Gasteiger charge is -2.34. The lowest BCUT2D eigenvalue weighted by Crippen LogP contribution is -2.47. The minimum Gasteiger partial charge on any atom is -0.409 e. The molecule has 0 amide bonds. The maximum Gasteiger partial charge on any atom is 0.288 e. The Morgan fingerprint density at radius 3 is 2.50 bits per heavy atom. The van der Waals surface area contributed by atoms with E-state index in [1.165, 1.54) is 0 Å². The molecule has 0 bridgehead atoms. The Balaban J connectivity index is 1.43. The van der Waals surface area contributed by atoms with Crippen LogP contribution in [-0.4, -0.2) is 50.8 Å². The molecule has 7 nitrogen and oxygen atoms in total. The van der Waals surface area contributed by atoms with E-state index in [9.17, 15) is 0 Å². The van der Waals surface area contributed by atoms with Gasteiger partial charge >= 0.3 is 0 Å². The Kier molecular flexibility index (Phi) is 4.77. The fourth-order valence-corrected chi connectivity index (χ4v) is 3.23. The van der Waals surface area contributed by atoms with Crippen LogP contribution < -0.4 is 4.90 Å². The molecule has 1 aromatic carbocycles. The van der Waals surface area contributed by atoms with Gasteiger partial charge in [-0.3, -0.25) is 4.90 Å². The topological polar surface area (TPSA) is 63.2 Å². The molecule has 3 aromatic rings. The van der Waals surface area contributed by atoms with E-state index in [1.54, 1.807) is 17.1 Å². The second-order valence-electron chi connectivity index (χ2n) is 6.28. The van der Waals surface area contributed by atoms with Crippen LogP contribution in [-0.2, 0) is 6.67 Å². The predicted octanol–water partition coefficient (Wildman–Crippen LogP) is 2.75. The zero-order chi connectivity index (χ0) is 17.9. The molecule has 134 valence electrons. The van der Waals surface area contributed by atoms with Crippen molar-refractivity contribution in [2.45, 2.75) is 13.6 Å². The fraction of sp³-hybridized carbons (Fsp3) is 0.333. The summed E-state index contributed by atoms with van der Waals surface area (Å²) in [5.74, 6) is 1.36. The molecule has 0 spiro atoms. The quantitative estimate of drug-likeness (QED) is 0.656. The average molecular weight is 368 g/mol. The fourth-order valence-electron chi connectivity index (χ4n) is 3.05. The van der Waals surface area contributed by atoms with Crippen LogP contribution in [0.3, 0.4) is 0 Å². The van der Waals surface area contributed by atoms with E-state index >= 15 is 0 Å². The van der Waals surface area contributed by atoms with Crippen LogP contribution in [0.5, 0.6) is 0 Å². The Hall–Kier alpha value is -2.58. The summed E-state index contributed by atoms with van der Waals surface area (Å²) < 4.78 is 7.48. The highest BCUT2D eigenvalue weighted by Gasteiger charge is 2.20. The van der Waals surface area contributed by atoms with Crippen LogP contribution in [0.15, 0.2) is 47.1 Å². The van der Waals surface area contributed by atoms with Gasteiger partial charge in [0.05, 0.1) is 6.67 Å². The molecule has 3 heterocycles. The van der Waals surface area contributed by atoms with Gasteiger partial charge in [0.1, 0.15) is 0 Å². The molecule has 0 atom stereocenters. The highest BCUT2D eigenvalue weighted by Crippen LogP contribution is 2.22. The molecule has 8 heteroatoms. The number of hydrogen-bond acceptors (Lipinski definition) is 7. The molecule has 0 saturated carbocycles. The van der Waals surface area contributed by atoms with Gasteiger partial charge in [0.25, 0.3) is 4.84 Å². The SMILES string of the molecule is Cc1ccccc1-c1nn(CN2CCN(c3ncccn3)CC2)c(=S)o1. The molecule has 0 N–H and O–H groups in total. The molecule has 0 radical (unpaired) electrons. The second kappa shape index (κ2) is 7.35. The van der Waals surface area contributed by atoms with Crippen LogP contribution in [0.25, 0.3) is 11.5 Å². The standard InChI is InChI=1S/C18H20N6OS/c1-14-5-2-3-6-15(14)16-21-24(18(26)25-16)13-22-9-11-23(12-10-22)17-19-7-4-8-20-17/h2-8H,9-13H2,1H3. The first-order valence-electron chi connectivity index (χ1n) is 8.59. The maximum atomic E-state index is 5.72. The number of rotatable bonds is 4. The summed E-state index contributed by atoms with van der Waals surface area (Å²) in [6.45, 7) is 6.20. The second-order valence-corrected chi connectivity index (χ2v) is 6.63. The van der Waals surface area contributed by atoms with Crippen molar-refractivity contribution in [3.8, 4) is 11.5 Å². The third-order valence-corrected chi connectivity index (χ3v) is 4.82. The average Bonchev–Trinajstić information content (AvgIpc) is 3.04. The summed E-state index contributed by atoms with van der Waals surface area (Å²) >= 11 is 5.36. The number of aromatic nitrogens is 4. The Morgan fingerprint density at radius 1 is 1.04 bits per heavy atom.